The maximum atomic E-state index is 12.1. The first-order valence-electron chi connectivity index (χ1n) is 6.40. The molecule has 1 aromatic rings. The van der Waals surface area contributed by atoms with Gasteiger partial charge in [0, 0.05) is 12.1 Å². The van der Waals surface area contributed by atoms with Crippen LogP contribution >= 0.6 is 0 Å². The molecule has 2 rings (SSSR count). The lowest BCUT2D eigenvalue weighted by Crippen LogP contribution is -2.30. The summed E-state index contributed by atoms with van der Waals surface area (Å²) in [6.07, 6.45) is 2.01. The lowest BCUT2D eigenvalue weighted by molar-refractivity contribution is -0.136. The Hall–Kier alpha value is -2.30. The van der Waals surface area contributed by atoms with Gasteiger partial charge in [-0.2, -0.15) is 0 Å². The molecule has 0 N–H and O–H groups in total. The van der Waals surface area contributed by atoms with Crippen LogP contribution in [0.5, 0.6) is 5.75 Å². The van der Waals surface area contributed by atoms with Crippen LogP contribution in [0.3, 0.4) is 0 Å². The average molecular weight is 275 g/mol. The van der Waals surface area contributed by atoms with E-state index in [1.807, 2.05) is 24.3 Å². The molecule has 0 spiro atoms. The van der Waals surface area contributed by atoms with Crippen LogP contribution in [0.1, 0.15) is 13.3 Å². The number of anilines is 1. The van der Waals surface area contributed by atoms with Crippen LogP contribution in [0.2, 0.25) is 0 Å². The number of carbonyl (C=O) groups excluding carboxylic acids is 2. The van der Waals surface area contributed by atoms with Crippen molar-refractivity contribution in [2.45, 2.75) is 13.3 Å². The monoisotopic (exact) mass is 275 g/mol. The minimum atomic E-state index is -0.392. The Morgan fingerprint density at radius 1 is 1.45 bits per heavy atom. The summed E-state index contributed by atoms with van der Waals surface area (Å²) in [6, 6.07) is 7.38. The molecule has 0 aromatic heterocycles. The Bertz CT molecular complexity index is 551. The summed E-state index contributed by atoms with van der Waals surface area (Å²) in [5.74, 6) is 0.267. The molecule has 0 fully saturated rings. The highest BCUT2D eigenvalue weighted by molar-refractivity contribution is 5.96. The number of methoxy groups -OCH3 is 1. The molecule has 5 heteroatoms. The Morgan fingerprint density at radius 2 is 2.20 bits per heavy atom. The molecule has 1 amide bonds. The molecule has 106 valence electrons. The van der Waals surface area contributed by atoms with Gasteiger partial charge in [-0.15, -0.1) is 0 Å². The van der Waals surface area contributed by atoms with Crippen LogP contribution in [-0.4, -0.2) is 32.1 Å². The molecule has 0 atom stereocenters. The number of ether oxygens (including phenoxy) is 2. The van der Waals surface area contributed by atoms with Gasteiger partial charge in [0.15, 0.2) is 0 Å². The average Bonchev–Trinajstić information content (AvgIpc) is 2.62. The van der Waals surface area contributed by atoms with E-state index in [0.29, 0.717) is 30.9 Å². The van der Waals surface area contributed by atoms with Crippen molar-refractivity contribution in [1.82, 2.24) is 0 Å². The van der Waals surface area contributed by atoms with Crippen LogP contribution in [-0.2, 0) is 14.3 Å². The fourth-order valence-electron chi connectivity index (χ4n) is 1.99. The van der Waals surface area contributed by atoms with Crippen LogP contribution < -0.4 is 9.64 Å². The standard InChI is InChI=1S/C15H17NO4/c1-11(15(18)19-2)7-9-16-12-5-3-4-6-13(12)20-10-8-14(16)17/h3-7H,8-10H2,1-2H3. The molecular formula is C15H17NO4. The molecule has 0 radical (unpaired) electrons. The molecule has 1 heterocycles. The normalized spacial score (nSPS) is 15.2. The zero-order valence-corrected chi connectivity index (χ0v) is 11.6. The van der Waals surface area contributed by atoms with Gasteiger partial charge in [0.1, 0.15) is 5.75 Å². The molecule has 1 aliphatic heterocycles. The summed E-state index contributed by atoms with van der Waals surface area (Å²) < 4.78 is 10.2. The third-order valence-electron chi connectivity index (χ3n) is 3.12. The number of amides is 1. The first kappa shape index (κ1) is 14.1. The molecule has 0 saturated carbocycles. The van der Waals surface area contributed by atoms with Crippen molar-refractivity contribution in [2.24, 2.45) is 0 Å². The lowest BCUT2D eigenvalue weighted by atomic mass is 10.2. The minimum Gasteiger partial charge on any atom is -0.491 e. The van der Waals surface area contributed by atoms with E-state index in [1.54, 1.807) is 17.9 Å². The number of fused-ring (bicyclic) bond motifs is 1. The van der Waals surface area contributed by atoms with Crippen LogP contribution in [0.25, 0.3) is 0 Å². The molecule has 0 bridgehead atoms. The van der Waals surface area contributed by atoms with Gasteiger partial charge < -0.3 is 14.4 Å². The molecule has 5 nitrogen and oxygen atoms in total. The summed E-state index contributed by atoms with van der Waals surface area (Å²) in [4.78, 5) is 25.1. The van der Waals surface area contributed by atoms with Crippen LogP contribution in [0.15, 0.2) is 35.9 Å². The molecule has 1 aliphatic rings. The fourth-order valence-corrected chi connectivity index (χ4v) is 1.99. The van der Waals surface area contributed by atoms with Gasteiger partial charge in [0.05, 0.1) is 25.8 Å². The fraction of sp³-hybridized carbons (Fsp3) is 0.333. The molecule has 0 aliphatic carbocycles. The third kappa shape index (κ3) is 2.99. The topological polar surface area (TPSA) is 55.8 Å². The quantitative estimate of drug-likeness (QED) is 0.624. The number of rotatable bonds is 3. The van der Waals surface area contributed by atoms with Gasteiger partial charge in [0.2, 0.25) is 5.91 Å². The van der Waals surface area contributed by atoms with Crippen LogP contribution in [0, 0.1) is 0 Å². The van der Waals surface area contributed by atoms with Gasteiger partial charge in [-0.05, 0) is 19.1 Å². The maximum Gasteiger partial charge on any atom is 0.333 e. The molecule has 0 saturated heterocycles. The van der Waals surface area contributed by atoms with Crippen molar-refractivity contribution >= 4 is 17.6 Å². The van der Waals surface area contributed by atoms with E-state index in [1.165, 1.54) is 7.11 Å². The number of hydrogen-bond acceptors (Lipinski definition) is 4. The van der Waals surface area contributed by atoms with Crippen molar-refractivity contribution in [3.8, 4) is 5.75 Å². The van der Waals surface area contributed by atoms with Gasteiger partial charge in [-0.25, -0.2) is 4.79 Å². The second-order valence-electron chi connectivity index (χ2n) is 4.45. The predicted octanol–water partition coefficient (Wildman–Crippen LogP) is 1.92. The van der Waals surface area contributed by atoms with E-state index >= 15 is 0 Å². The Morgan fingerprint density at radius 3 is 2.95 bits per heavy atom. The molecule has 20 heavy (non-hydrogen) atoms. The van der Waals surface area contributed by atoms with Crippen molar-refractivity contribution < 1.29 is 19.1 Å². The lowest BCUT2D eigenvalue weighted by Gasteiger charge is -2.20. The van der Waals surface area contributed by atoms with E-state index in [0.717, 1.165) is 5.69 Å². The highest BCUT2D eigenvalue weighted by Gasteiger charge is 2.22. The van der Waals surface area contributed by atoms with Crippen LogP contribution in [0.4, 0.5) is 5.69 Å². The minimum absolute atomic E-state index is 0.0242. The van der Waals surface area contributed by atoms with Gasteiger partial charge in [-0.1, -0.05) is 18.2 Å². The van der Waals surface area contributed by atoms with Gasteiger partial charge in [0.25, 0.3) is 0 Å². The second kappa shape index (κ2) is 6.23. The number of hydrogen-bond donors (Lipinski definition) is 0. The Balaban J connectivity index is 2.25. The maximum absolute atomic E-state index is 12.1. The molecular weight excluding hydrogens is 258 g/mol. The SMILES string of the molecule is COC(=O)C(C)=CCN1C(=O)CCOc2ccccc21. The smallest absolute Gasteiger partial charge is 0.333 e. The number of benzene rings is 1. The largest absolute Gasteiger partial charge is 0.491 e. The first-order valence-corrected chi connectivity index (χ1v) is 6.40. The number of para-hydroxylation sites is 2. The van der Waals surface area contributed by atoms with E-state index in [4.69, 9.17) is 4.74 Å². The summed E-state index contributed by atoms with van der Waals surface area (Å²) in [7, 11) is 1.33. The van der Waals surface area contributed by atoms with E-state index in [-0.39, 0.29) is 5.91 Å². The summed E-state index contributed by atoms with van der Waals surface area (Å²) in [6.45, 7) is 2.35. The number of esters is 1. The van der Waals surface area contributed by atoms with Gasteiger partial charge in [-0.3, -0.25) is 4.79 Å². The highest BCUT2D eigenvalue weighted by Crippen LogP contribution is 2.30. The van der Waals surface area contributed by atoms with E-state index < -0.39 is 5.97 Å². The number of nitrogens with zero attached hydrogens (tertiary/aromatic N) is 1. The molecule has 1 aromatic carbocycles. The van der Waals surface area contributed by atoms with Crippen molar-refractivity contribution in [3.63, 3.8) is 0 Å². The van der Waals surface area contributed by atoms with Crippen molar-refractivity contribution in [2.75, 3.05) is 25.2 Å². The highest BCUT2D eigenvalue weighted by atomic mass is 16.5. The van der Waals surface area contributed by atoms with Crippen molar-refractivity contribution in [3.05, 3.63) is 35.9 Å². The summed E-state index contributed by atoms with van der Waals surface area (Å²) in [5, 5.41) is 0. The Kier molecular flexibility index (Phi) is 4.40. The number of carbonyl (C=O) groups is 2. The Labute approximate surface area is 117 Å². The van der Waals surface area contributed by atoms with E-state index in [9.17, 15) is 9.59 Å². The van der Waals surface area contributed by atoms with Crippen molar-refractivity contribution in [1.29, 1.82) is 0 Å². The zero-order valence-electron chi connectivity index (χ0n) is 11.6. The summed E-state index contributed by atoms with van der Waals surface area (Å²) >= 11 is 0. The first-order chi connectivity index (χ1) is 9.63. The molecule has 0 unspecified atom stereocenters. The second-order valence-corrected chi connectivity index (χ2v) is 4.45. The third-order valence-corrected chi connectivity index (χ3v) is 3.12. The zero-order chi connectivity index (χ0) is 14.5. The summed E-state index contributed by atoms with van der Waals surface area (Å²) in [5.41, 5.74) is 1.20. The van der Waals surface area contributed by atoms with E-state index in [2.05, 4.69) is 4.74 Å². The van der Waals surface area contributed by atoms with Gasteiger partial charge >= 0.3 is 5.97 Å². The predicted molar refractivity (Wildman–Crippen MR) is 74.7 cm³/mol.